The van der Waals surface area contributed by atoms with Crippen LogP contribution in [0.15, 0.2) is 24.4 Å². The third kappa shape index (κ3) is 4.20. The van der Waals surface area contributed by atoms with Crippen molar-refractivity contribution >= 4 is 11.7 Å². The van der Waals surface area contributed by atoms with E-state index in [1.165, 1.54) is 32.0 Å². The fourth-order valence-electron chi connectivity index (χ4n) is 3.98. The van der Waals surface area contributed by atoms with E-state index in [1.807, 2.05) is 16.9 Å². The van der Waals surface area contributed by atoms with Crippen molar-refractivity contribution < 1.29 is 9.18 Å². The van der Waals surface area contributed by atoms with Crippen LogP contribution in [0.5, 0.6) is 0 Å². The van der Waals surface area contributed by atoms with Gasteiger partial charge in [-0.15, -0.1) is 0 Å². The lowest BCUT2D eigenvalue weighted by molar-refractivity contribution is 0.102. The summed E-state index contributed by atoms with van der Waals surface area (Å²) in [6.45, 7) is 5.56. The summed E-state index contributed by atoms with van der Waals surface area (Å²) in [7, 11) is 0. The van der Waals surface area contributed by atoms with Gasteiger partial charge in [-0.1, -0.05) is 0 Å². The van der Waals surface area contributed by atoms with Crippen LogP contribution in [-0.4, -0.2) is 46.8 Å². The number of hydrogen-bond donors (Lipinski definition) is 2. The normalized spacial score (nSPS) is 17.1. The summed E-state index contributed by atoms with van der Waals surface area (Å²) in [4.78, 5) is 15.2. The Morgan fingerprint density at radius 2 is 2.04 bits per heavy atom. The van der Waals surface area contributed by atoms with Crippen molar-refractivity contribution in [2.45, 2.75) is 38.8 Å². The van der Waals surface area contributed by atoms with Crippen LogP contribution in [0.2, 0.25) is 0 Å². The van der Waals surface area contributed by atoms with Crippen molar-refractivity contribution in [1.29, 1.82) is 0 Å². The molecule has 1 aromatic carbocycles. The van der Waals surface area contributed by atoms with Gasteiger partial charge in [0.1, 0.15) is 5.82 Å². The number of carbonyl (C=O) groups is 1. The Hall–Kier alpha value is -2.25. The molecule has 1 aromatic heterocycles. The molecule has 1 amide bonds. The summed E-state index contributed by atoms with van der Waals surface area (Å²) in [5.74, 6) is 0.0553. The Bertz CT molecular complexity index is 813. The second-order valence-corrected chi connectivity index (χ2v) is 7.30. The lowest BCUT2D eigenvalue weighted by Gasteiger charge is -2.20. The fourth-order valence-corrected chi connectivity index (χ4v) is 3.98. The summed E-state index contributed by atoms with van der Waals surface area (Å²) >= 11 is 0. The van der Waals surface area contributed by atoms with Gasteiger partial charge in [-0.2, -0.15) is 5.10 Å². The van der Waals surface area contributed by atoms with Gasteiger partial charge >= 0.3 is 0 Å². The standard InChI is InChI=1S/C20H26FN5O/c21-18-5-4-16(15-6-8-22-14-17(15)18)20(27)23-19-7-13-26(24-19)12-3-11-25-9-1-2-10-25/h4-5,7,13,22H,1-3,6,8-12,14H2,(H,23,24,27). The maximum absolute atomic E-state index is 14.0. The van der Waals surface area contributed by atoms with Crippen molar-refractivity contribution in [2.75, 3.05) is 31.5 Å². The number of nitrogens with zero attached hydrogens (tertiary/aromatic N) is 3. The predicted octanol–water partition coefficient (Wildman–Crippen LogP) is 2.41. The molecule has 1 fully saturated rings. The number of aryl methyl sites for hydroxylation is 1. The molecule has 0 radical (unpaired) electrons. The topological polar surface area (TPSA) is 62.2 Å². The molecule has 144 valence electrons. The molecular weight excluding hydrogens is 345 g/mol. The van der Waals surface area contributed by atoms with Gasteiger partial charge in [-0.25, -0.2) is 4.39 Å². The minimum atomic E-state index is -0.254. The first-order valence-electron chi connectivity index (χ1n) is 9.79. The molecule has 6 nitrogen and oxygen atoms in total. The average molecular weight is 371 g/mol. The van der Waals surface area contributed by atoms with E-state index in [9.17, 15) is 9.18 Å². The number of anilines is 1. The monoisotopic (exact) mass is 371 g/mol. The second-order valence-electron chi connectivity index (χ2n) is 7.30. The summed E-state index contributed by atoms with van der Waals surface area (Å²) < 4.78 is 15.9. The molecule has 0 saturated carbocycles. The number of hydrogen-bond acceptors (Lipinski definition) is 4. The van der Waals surface area contributed by atoms with E-state index in [1.54, 1.807) is 6.07 Å². The Morgan fingerprint density at radius 1 is 1.19 bits per heavy atom. The highest BCUT2D eigenvalue weighted by Crippen LogP contribution is 2.22. The van der Waals surface area contributed by atoms with Gasteiger partial charge in [0.05, 0.1) is 0 Å². The molecule has 1 saturated heterocycles. The first-order valence-corrected chi connectivity index (χ1v) is 9.79. The molecule has 2 N–H and O–H groups in total. The molecule has 0 atom stereocenters. The molecular formula is C20H26FN5O. The highest BCUT2D eigenvalue weighted by atomic mass is 19.1. The van der Waals surface area contributed by atoms with Crippen LogP contribution in [-0.2, 0) is 19.5 Å². The van der Waals surface area contributed by atoms with E-state index >= 15 is 0 Å². The number of amides is 1. The Labute approximate surface area is 158 Å². The largest absolute Gasteiger partial charge is 0.312 e. The van der Waals surface area contributed by atoms with Crippen molar-refractivity contribution in [3.8, 4) is 0 Å². The highest BCUT2D eigenvalue weighted by molar-refractivity contribution is 6.05. The van der Waals surface area contributed by atoms with Gasteiger partial charge in [0.15, 0.2) is 5.82 Å². The zero-order chi connectivity index (χ0) is 18.6. The molecule has 0 aliphatic carbocycles. The van der Waals surface area contributed by atoms with E-state index in [0.717, 1.165) is 31.6 Å². The Balaban J connectivity index is 1.37. The number of fused-ring (bicyclic) bond motifs is 1. The number of nitrogens with one attached hydrogen (secondary N) is 2. The molecule has 0 bridgehead atoms. The van der Waals surface area contributed by atoms with E-state index < -0.39 is 0 Å². The number of benzene rings is 1. The third-order valence-electron chi connectivity index (χ3n) is 5.41. The van der Waals surface area contributed by atoms with Gasteiger partial charge < -0.3 is 15.5 Å². The van der Waals surface area contributed by atoms with Crippen molar-refractivity contribution in [2.24, 2.45) is 0 Å². The van der Waals surface area contributed by atoms with Crippen molar-refractivity contribution in [1.82, 2.24) is 20.0 Å². The van der Waals surface area contributed by atoms with Crippen LogP contribution in [0, 0.1) is 5.82 Å². The minimum absolute atomic E-state index is 0.226. The van der Waals surface area contributed by atoms with Crippen LogP contribution < -0.4 is 10.6 Å². The SMILES string of the molecule is O=C(Nc1ccn(CCCN2CCCC2)n1)c1ccc(F)c2c1CCNC2. The van der Waals surface area contributed by atoms with E-state index in [4.69, 9.17) is 0 Å². The van der Waals surface area contributed by atoms with Gasteiger partial charge in [-0.3, -0.25) is 9.48 Å². The maximum Gasteiger partial charge on any atom is 0.257 e. The fraction of sp³-hybridized carbons (Fsp3) is 0.500. The molecule has 0 unspecified atom stereocenters. The smallest absolute Gasteiger partial charge is 0.257 e. The van der Waals surface area contributed by atoms with E-state index in [0.29, 0.717) is 29.9 Å². The molecule has 2 aromatic rings. The lowest BCUT2D eigenvalue weighted by atomic mass is 9.94. The summed E-state index contributed by atoms with van der Waals surface area (Å²) in [5.41, 5.74) is 1.94. The number of carbonyl (C=O) groups excluding carboxylic acids is 1. The van der Waals surface area contributed by atoms with Crippen LogP contribution in [0.3, 0.4) is 0 Å². The number of aromatic nitrogens is 2. The van der Waals surface area contributed by atoms with Gasteiger partial charge in [0, 0.05) is 36.5 Å². The molecule has 2 aliphatic rings. The Morgan fingerprint density at radius 3 is 2.89 bits per heavy atom. The molecule has 3 heterocycles. The van der Waals surface area contributed by atoms with E-state index in [-0.39, 0.29) is 11.7 Å². The average Bonchev–Trinajstić information content (AvgIpc) is 3.34. The number of rotatable bonds is 6. The van der Waals surface area contributed by atoms with Crippen molar-refractivity contribution in [3.63, 3.8) is 0 Å². The zero-order valence-electron chi connectivity index (χ0n) is 15.5. The summed E-state index contributed by atoms with van der Waals surface area (Å²) in [6.07, 6.45) is 6.21. The quantitative estimate of drug-likeness (QED) is 0.819. The van der Waals surface area contributed by atoms with Crippen LogP contribution in [0.25, 0.3) is 0 Å². The van der Waals surface area contributed by atoms with Gasteiger partial charge in [-0.05, 0) is 69.6 Å². The van der Waals surface area contributed by atoms with Crippen LogP contribution in [0.1, 0.15) is 40.7 Å². The minimum Gasteiger partial charge on any atom is -0.312 e. The molecule has 2 aliphatic heterocycles. The van der Waals surface area contributed by atoms with Gasteiger partial charge in [0.2, 0.25) is 0 Å². The first kappa shape index (κ1) is 18.1. The zero-order valence-corrected chi connectivity index (χ0v) is 15.5. The summed E-state index contributed by atoms with van der Waals surface area (Å²) in [6, 6.07) is 4.75. The second kappa shape index (κ2) is 8.19. The maximum atomic E-state index is 14.0. The number of likely N-dealkylation sites (tertiary alicyclic amines) is 1. The molecule has 27 heavy (non-hydrogen) atoms. The van der Waals surface area contributed by atoms with Crippen LogP contribution in [0.4, 0.5) is 10.2 Å². The van der Waals surface area contributed by atoms with Crippen LogP contribution >= 0.6 is 0 Å². The molecule has 0 spiro atoms. The third-order valence-corrected chi connectivity index (χ3v) is 5.41. The molecule has 4 rings (SSSR count). The Kier molecular flexibility index (Phi) is 5.50. The lowest BCUT2D eigenvalue weighted by Crippen LogP contribution is -2.27. The highest BCUT2D eigenvalue weighted by Gasteiger charge is 2.21. The predicted molar refractivity (Wildman–Crippen MR) is 102 cm³/mol. The molecule has 7 heteroatoms. The summed E-state index contributed by atoms with van der Waals surface area (Å²) in [5, 5.41) is 10.5. The van der Waals surface area contributed by atoms with Crippen molar-refractivity contribution in [3.05, 3.63) is 46.9 Å². The first-order chi connectivity index (χ1) is 13.2. The van der Waals surface area contributed by atoms with Gasteiger partial charge in [0.25, 0.3) is 5.91 Å². The van der Waals surface area contributed by atoms with E-state index in [2.05, 4.69) is 20.6 Å². The number of halogens is 1.